The number of amides is 1. The molecule has 0 aromatic heterocycles. The van der Waals surface area contributed by atoms with E-state index in [2.05, 4.69) is 0 Å². The van der Waals surface area contributed by atoms with E-state index in [1.54, 1.807) is 7.11 Å². The molecular formula is C17H21NO4. The van der Waals surface area contributed by atoms with Gasteiger partial charge in [-0.3, -0.25) is 4.79 Å². The van der Waals surface area contributed by atoms with E-state index in [1.807, 2.05) is 29.2 Å². The predicted octanol–water partition coefficient (Wildman–Crippen LogP) is 1.40. The topological polar surface area (TPSA) is 48.0 Å². The molecule has 2 unspecified atom stereocenters. The van der Waals surface area contributed by atoms with Gasteiger partial charge in [0.25, 0.3) is 5.91 Å². The van der Waals surface area contributed by atoms with Crippen molar-refractivity contribution < 1.29 is 19.0 Å². The fourth-order valence-corrected chi connectivity index (χ4v) is 3.73. The van der Waals surface area contributed by atoms with Gasteiger partial charge in [0.2, 0.25) is 0 Å². The van der Waals surface area contributed by atoms with E-state index in [1.165, 1.54) is 0 Å². The summed E-state index contributed by atoms with van der Waals surface area (Å²) in [6.45, 7) is 2.02. The van der Waals surface area contributed by atoms with Gasteiger partial charge in [0.05, 0.1) is 19.2 Å². The standard InChI is InChI=1S/C17H21NO4/c1-20-13-6-7-21-17(9-13)10-18(11-17)16(19)15-8-12-4-2-3-5-14(12)22-15/h2-5,13,15H,6-11H2,1H3. The zero-order valence-corrected chi connectivity index (χ0v) is 12.8. The number of methoxy groups -OCH3 is 1. The van der Waals surface area contributed by atoms with Crippen molar-refractivity contribution in [3.05, 3.63) is 29.8 Å². The Morgan fingerprint density at radius 3 is 2.95 bits per heavy atom. The van der Waals surface area contributed by atoms with Crippen LogP contribution < -0.4 is 4.74 Å². The van der Waals surface area contributed by atoms with Gasteiger partial charge in [-0.25, -0.2) is 0 Å². The van der Waals surface area contributed by atoms with Crippen molar-refractivity contribution >= 4 is 5.91 Å². The number of hydrogen-bond acceptors (Lipinski definition) is 4. The fraction of sp³-hybridized carbons (Fsp3) is 0.588. The van der Waals surface area contributed by atoms with Crippen LogP contribution in [0.3, 0.4) is 0 Å². The minimum absolute atomic E-state index is 0.0740. The van der Waals surface area contributed by atoms with Crippen LogP contribution in [-0.2, 0) is 20.7 Å². The van der Waals surface area contributed by atoms with Crippen LogP contribution in [0.5, 0.6) is 5.75 Å². The smallest absolute Gasteiger partial charge is 0.264 e. The predicted molar refractivity (Wildman–Crippen MR) is 79.9 cm³/mol. The lowest BCUT2D eigenvalue weighted by molar-refractivity contribution is -0.201. The molecule has 0 bridgehead atoms. The number of ether oxygens (including phenoxy) is 3. The molecule has 3 heterocycles. The van der Waals surface area contributed by atoms with Gasteiger partial charge in [0.1, 0.15) is 11.4 Å². The molecule has 2 atom stereocenters. The Bertz CT molecular complexity index is 557. The molecule has 2 saturated heterocycles. The zero-order valence-electron chi connectivity index (χ0n) is 12.8. The molecule has 5 heteroatoms. The molecule has 2 fully saturated rings. The highest BCUT2D eigenvalue weighted by Crippen LogP contribution is 2.37. The van der Waals surface area contributed by atoms with Crippen LogP contribution in [0, 0.1) is 0 Å². The van der Waals surface area contributed by atoms with E-state index in [4.69, 9.17) is 14.2 Å². The highest BCUT2D eigenvalue weighted by Gasteiger charge is 2.51. The number of para-hydroxylation sites is 1. The molecule has 4 rings (SSSR count). The Labute approximate surface area is 130 Å². The monoisotopic (exact) mass is 303 g/mol. The third-order valence-corrected chi connectivity index (χ3v) is 4.97. The number of carbonyl (C=O) groups is 1. The van der Waals surface area contributed by atoms with Gasteiger partial charge in [-0.1, -0.05) is 18.2 Å². The summed E-state index contributed by atoms with van der Waals surface area (Å²) in [4.78, 5) is 14.4. The first-order valence-electron chi connectivity index (χ1n) is 7.89. The molecule has 3 aliphatic rings. The minimum atomic E-state index is -0.378. The summed E-state index contributed by atoms with van der Waals surface area (Å²) in [6.07, 6.45) is 2.35. The second-order valence-electron chi connectivity index (χ2n) is 6.49. The van der Waals surface area contributed by atoms with Crippen molar-refractivity contribution in [1.82, 2.24) is 4.90 Å². The van der Waals surface area contributed by atoms with E-state index in [-0.39, 0.29) is 23.7 Å². The van der Waals surface area contributed by atoms with Gasteiger partial charge in [-0.2, -0.15) is 0 Å². The van der Waals surface area contributed by atoms with Crippen molar-refractivity contribution in [3.63, 3.8) is 0 Å². The lowest BCUT2D eigenvalue weighted by atomic mass is 9.84. The van der Waals surface area contributed by atoms with Crippen LogP contribution in [0.1, 0.15) is 18.4 Å². The Hall–Kier alpha value is -1.59. The van der Waals surface area contributed by atoms with Crippen molar-refractivity contribution in [2.24, 2.45) is 0 Å². The lowest BCUT2D eigenvalue weighted by Crippen LogP contribution is -2.68. The van der Waals surface area contributed by atoms with Crippen molar-refractivity contribution in [2.45, 2.75) is 37.1 Å². The number of rotatable bonds is 2. The second kappa shape index (κ2) is 5.25. The summed E-state index contributed by atoms with van der Waals surface area (Å²) in [7, 11) is 1.74. The molecule has 1 aromatic carbocycles. The number of hydrogen-bond donors (Lipinski definition) is 0. The molecule has 0 radical (unpaired) electrons. The van der Waals surface area contributed by atoms with Gasteiger partial charge < -0.3 is 19.1 Å². The Morgan fingerprint density at radius 2 is 2.18 bits per heavy atom. The maximum absolute atomic E-state index is 12.6. The third-order valence-electron chi connectivity index (χ3n) is 4.97. The van der Waals surface area contributed by atoms with E-state index in [0.29, 0.717) is 26.1 Å². The van der Waals surface area contributed by atoms with Gasteiger partial charge >= 0.3 is 0 Å². The van der Waals surface area contributed by atoms with Gasteiger partial charge in [-0.05, 0) is 18.1 Å². The first kappa shape index (κ1) is 14.0. The Morgan fingerprint density at radius 1 is 1.36 bits per heavy atom. The Balaban J connectivity index is 1.37. The molecule has 1 spiro atoms. The first-order chi connectivity index (χ1) is 10.7. The Kier molecular flexibility index (Phi) is 3.35. The van der Waals surface area contributed by atoms with Crippen LogP contribution in [-0.4, -0.2) is 55.4 Å². The summed E-state index contributed by atoms with van der Waals surface area (Å²) in [5.41, 5.74) is 0.921. The van der Waals surface area contributed by atoms with Gasteiger partial charge in [0.15, 0.2) is 6.10 Å². The highest BCUT2D eigenvalue weighted by molar-refractivity contribution is 5.83. The first-order valence-corrected chi connectivity index (χ1v) is 7.89. The van der Waals surface area contributed by atoms with Crippen LogP contribution in [0.2, 0.25) is 0 Å². The van der Waals surface area contributed by atoms with Crippen molar-refractivity contribution in [3.8, 4) is 5.75 Å². The van der Waals surface area contributed by atoms with E-state index in [0.717, 1.165) is 24.2 Å². The molecule has 5 nitrogen and oxygen atoms in total. The van der Waals surface area contributed by atoms with Gasteiger partial charge in [-0.15, -0.1) is 0 Å². The number of benzene rings is 1. The second-order valence-corrected chi connectivity index (χ2v) is 6.49. The van der Waals surface area contributed by atoms with Gasteiger partial charge in [0, 0.05) is 26.6 Å². The molecule has 3 aliphatic heterocycles. The largest absolute Gasteiger partial charge is 0.480 e. The van der Waals surface area contributed by atoms with Crippen molar-refractivity contribution in [2.75, 3.05) is 26.8 Å². The van der Waals surface area contributed by atoms with Crippen LogP contribution in [0.4, 0.5) is 0 Å². The van der Waals surface area contributed by atoms with Crippen LogP contribution in [0.25, 0.3) is 0 Å². The summed E-state index contributed by atoms with van der Waals surface area (Å²) in [5, 5.41) is 0. The van der Waals surface area contributed by atoms with E-state index >= 15 is 0 Å². The highest BCUT2D eigenvalue weighted by atomic mass is 16.5. The van der Waals surface area contributed by atoms with Crippen molar-refractivity contribution in [1.29, 1.82) is 0 Å². The fourth-order valence-electron chi connectivity index (χ4n) is 3.73. The van der Waals surface area contributed by atoms with E-state index in [9.17, 15) is 4.79 Å². The molecule has 0 N–H and O–H groups in total. The number of nitrogens with zero attached hydrogens (tertiary/aromatic N) is 1. The number of fused-ring (bicyclic) bond motifs is 1. The summed E-state index contributed by atoms with van der Waals surface area (Å²) in [5.74, 6) is 0.911. The number of likely N-dealkylation sites (tertiary alicyclic amines) is 1. The maximum atomic E-state index is 12.6. The molecular weight excluding hydrogens is 282 g/mol. The molecule has 0 saturated carbocycles. The summed E-state index contributed by atoms with van der Waals surface area (Å²) >= 11 is 0. The average molecular weight is 303 g/mol. The number of carbonyl (C=O) groups excluding carboxylic acids is 1. The maximum Gasteiger partial charge on any atom is 0.264 e. The third kappa shape index (κ3) is 2.29. The van der Waals surface area contributed by atoms with E-state index < -0.39 is 0 Å². The van der Waals surface area contributed by atoms with Crippen LogP contribution >= 0.6 is 0 Å². The normalized spacial score (nSPS) is 28.9. The summed E-state index contributed by atoms with van der Waals surface area (Å²) < 4.78 is 17.2. The zero-order chi connectivity index (χ0) is 15.2. The minimum Gasteiger partial charge on any atom is -0.480 e. The average Bonchev–Trinajstić information content (AvgIpc) is 2.96. The molecule has 0 aliphatic carbocycles. The molecule has 118 valence electrons. The summed E-state index contributed by atoms with van der Waals surface area (Å²) in [6, 6.07) is 7.86. The SMILES string of the molecule is COC1CCOC2(C1)CN(C(=O)C1Cc3ccccc3O1)C2. The molecule has 1 aromatic rings. The lowest BCUT2D eigenvalue weighted by Gasteiger charge is -2.53. The molecule has 1 amide bonds. The van der Waals surface area contributed by atoms with Crippen LogP contribution in [0.15, 0.2) is 24.3 Å². The quantitative estimate of drug-likeness (QED) is 0.828. The molecule has 22 heavy (non-hydrogen) atoms.